The molecule has 1 amide bonds. The predicted octanol–water partition coefficient (Wildman–Crippen LogP) is 0.777. The Morgan fingerprint density at radius 3 is 2.91 bits per heavy atom. The number of rotatable bonds is 5. The van der Waals surface area contributed by atoms with Crippen LogP contribution in [0.3, 0.4) is 0 Å². The molecule has 0 radical (unpaired) electrons. The molecule has 7 nitrogen and oxygen atoms in total. The Labute approximate surface area is 134 Å². The van der Waals surface area contributed by atoms with Crippen molar-refractivity contribution in [1.29, 1.82) is 0 Å². The number of carboxylic acid groups (broad SMARTS) is 1. The second-order valence-electron chi connectivity index (χ2n) is 4.89. The molecule has 3 atom stereocenters. The molecule has 0 aliphatic carbocycles. The number of carboxylic acids is 1. The fourth-order valence-electron chi connectivity index (χ4n) is 2.45. The molecule has 22 heavy (non-hydrogen) atoms. The largest absolute Gasteiger partial charge is 0.477 e. The van der Waals surface area contributed by atoms with E-state index in [4.69, 9.17) is 0 Å². The smallest absolute Gasteiger partial charge is 0.353 e. The van der Waals surface area contributed by atoms with Gasteiger partial charge in [-0.05, 0) is 6.92 Å². The quantitative estimate of drug-likeness (QED) is 0.599. The van der Waals surface area contributed by atoms with Crippen molar-refractivity contribution in [3.05, 3.63) is 29.2 Å². The van der Waals surface area contributed by atoms with Gasteiger partial charge in [-0.1, -0.05) is 11.8 Å². The number of β-lactam (4-membered cyclic amide) rings is 1. The first-order valence-electron chi connectivity index (χ1n) is 6.53. The number of aromatic nitrogens is 2. The topological polar surface area (TPSA) is 104 Å². The fourth-order valence-corrected chi connectivity index (χ4v) is 4.98. The van der Waals surface area contributed by atoms with Gasteiger partial charge in [0.15, 0.2) is 0 Å². The van der Waals surface area contributed by atoms with Crippen LogP contribution >= 0.6 is 23.5 Å². The number of aliphatic hydroxyl groups excluding tert-OH is 1. The predicted molar refractivity (Wildman–Crippen MR) is 80.8 cm³/mol. The summed E-state index contributed by atoms with van der Waals surface area (Å²) in [7, 11) is 0. The minimum Gasteiger partial charge on any atom is -0.477 e. The third-order valence-corrected chi connectivity index (χ3v) is 5.96. The van der Waals surface area contributed by atoms with Crippen molar-refractivity contribution in [2.24, 2.45) is 5.92 Å². The Kier molecular flexibility index (Phi) is 4.11. The van der Waals surface area contributed by atoms with Crippen LogP contribution < -0.4 is 0 Å². The normalized spacial score (nSPS) is 25.0. The van der Waals surface area contributed by atoms with Crippen LogP contribution in [0.5, 0.6) is 0 Å². The van der Waals surface area contributed by atoms with Gasteiger partial charge >= 0.3 is 5.97 Å². The number of thioether (sulfide) groups is 2. The molecule has 1 saturated heterocycles. The van der Waals surface area contributed by atoms with Crippen LogP contribution in [0.15, 0.2) is 34.2 Å². The molecule has 0 saturated carbocycles. The zero-order chi connectivity index (χ0) is 15.9. The Balaban J connectivity index is 1.78. The minimum absolute atomic E-state index is 0.0216. The lowest BCUT2D eigenvalue weighted by atomic mass is 9.92. The monoisotopic (exact) mass is 339 g/mol. The van der Waals surface area contributed by atoms with E-state index in [1.807, 2.05) is 0 Å². The van der Waals surface area contributed by atoms with E-state index in [2.05, 4.69) is 9.97 Å². The van der Waals surface area contributed by atoms with Crippen LogP contribution in [-0.2, 0) is 9.59 Å². The highest BCUT2D eigenvalue weighted by Gasteiger charge is 2.57. The minimum atomic E-state index is -1.12. The second-order valence-corrected chi connectivity index (χ2v) is 7.10. The molecular weight excluding hydrogens is 326 g/mol. The summed E-state index contributed by atoms with van der Waals surface area (Å²) in [5.74, 6) is -1.59. The van der Waals surface area contributed by atoms with Gasteiger partial charge < -0.3 is 10.2 Å². The van der Waals surface area contributed by atoms with Gasteiger partial charge in [-0.25, -0.2) is 9.78 Å². The first-order valence-corrected chi connectivity index (χ1v) is 8.40. The average Bonchev–Trinajstić information content (AvgIpc) is 2.80. The van der Waals surface area contributed by atoms with Crippen LogP contribution in [-0.4, -0.2) is 54.2 Å². The number of aliphatic hydroxyl groups is 1. The molecule has 9 heteroatoms. The third kappa shape index (κ3) is 2.49. The molecule has 1 aromatic heterocycles. The van der Waals surface area contributed by atoms with Crippen molar-refractivity contribution in [1.82, 2.24) is 14.9 Å². The van der Waals surface area contributed by atoms with Gasteiger partial charge in [0.2, 0.25) is 5.91 Å². The Morgan fingerprint density at radius 2 is 2.32 bits per heavy atom. The summed E-state index contributed by atoms with van der Waals surface area (Å²) in [6.07, 6.45) is 3.94. The van der Waals surface area contributed by atoms with Crippen LogP contribution in [0.4, 0.5) is 0 Å². The highest BCUT2D eigenvalue weighted by atomic mass is 32.2. The Morgan fingerprint density at radius 1 is 1.55 bits per heavy atom. The first-order chi connectivity index (χ1) is 10.5. The lowest BCUT2D eigenvalue weighted by molar-refractivity contribution is -0.156. The summed E-state index contributed by atoms with van der Waals surface area (Å²) < 4.78 is 0. The SMILES string of the molecule is C[C@@H](O)[C@H]1C(=O)N2C(C(=O)O)=C(CSc3cnccn3)S[C@H]12. The van der Waals surface area contributed by atoms with Crippen molar-refractivity contribution in [3.8, 4) is 0 Å². The number of carbonyl (C=O) groups is 2. The number of amides is 1. The number of nitrogens with zero attached hydrogens (tertiary/aromatic N) is 3. The van der Waals surface area contributed by atoms with Crippen molar-refractivity contribution in [3.63, 3.8) is 0 Å². The van der Waals surface area contributed by atoms with Crippen LogP contribution in [0.1, 0.15) is 6.92 Å². The molecule has 116 valence electrons. The molecule has 1 aromatic rings. The molecule has 1 fully saturated rings. The van der Waals surface area contributed by atoms with Crippen molar-refractivity contribution >= 4 is 35.4 Å². The summed E-state index contributed by atoms with van der Waals surface area (Å²) in [4.78, 5) is 33.5. The van der Waals surface area contributed by atoms with Crippen LogP contribution in [0.2, 0.25) is 0 Å². The number of hydrogen-bond donors (Lipinski definition) is 2. The molecule has 0 bridgehead atoms. The fraction of sp³-hybridized carbons (Fsp3) is 0.385. The van der Waals surface area contributed by atoms with Gasteiger partial charge in [-0.3, -0.25) is 14.7 Å². The molecule has 3 rings (SSSR count). The van der Waals surface area contributed by atoms with E-state index in [1.165, 1.54) is 28.4 Å². The second kappa shape index (κ2) is 5.90. The summed E-state index contributed by atoms with van der Waals surface area (Å²) in [5.41, 5.74) is 0.0216. The van der Waals surface area contributed by atoms with Gasteiger partial charge in [-0.15, -0.1) is 11.8 Å². The molecule has 3 heterocycles. The van der Waals surface area contributed by atoms with E-state index in [0.29, 0.717) is 15.7 Å². The molecule has 0 aromatic carbocycles. The molecule has 0 spiro atoms. The maximum atomic E-state index is 12.0. The summed E-state index contributed by atoms with van der Waals surface area (Å²) in [6.45, 7) is 1.55. The third-order valence-electron chi connectivity index (χ3n) is 3.47. The molecule has 2 N–H and O–H groups in total. The Bertz CT molecular complexity index is 650. The van der Waals surface area contributed by atoms with Crippen molar-refractivity contribution < 1.29 is 19.8 Å². The number of aliphatic carboxylic acids is 1. The Hall–Kier alpha value is -1.58. The standard InChI is InChI=1S/C13H13N3O4S2/c1-6(17)9-11(18)16-10(13(19)20)7(22-12(9)16)5-21-8-4-14-2-3-15-8/h2-4,6,9,12,17H,5H2,1H3,(H,19,20)/t6-,9+,12-/m1/s1. The van der Waals surface area contributed by atoms with E-state index in [-0.39, 0.29) is 17.0 Å². The highest BCUT2D eigenvalue weighted by Crippen LogP contribution is 2.51. The first kappa shape index (κ1) is 15.3. The molecule has 0 unspecified atom stereocenters. The lowest BCUT2D eigenvalue weighted by Gasteiger charge is -2.43. The number of hydrogen-bond acceptors (Lipinski definition) is 7. The summed E-state index contributed by atoms with van der Waals surface area (Å²) >= 11 is 2.70. The number of carbonyl (C=O) groups excluding carboxylic acids is 1. The van der Waals surface area contributed by atoms with E-state index >= 15 is 0 Å². The van der Waals surface area contributed by atoms with E-state index in [1.54, 1.807) is 25.5 Å². The van der Waals surface area contributed by atoms with Gasteiger partial charge in [-0.2, -0.15) is 0 Å². The lowest BCUT2D eigenvalue weighted by Crippen LogP contribution is -2.60. The average molecular weight is 339 g/mol. The maximum absolute atomic E-state index is 12.0. The van der Waals surface area contributed by atoms with Crippen molar-refractivity contribution in [2.75, 3.05) is 5.75 Å². The van der Waals surface area contributed by atoms with E-state index < -0.39 is 18.0 Å². The highest BCUT2D eigenvalue weighted by molar-refractivity contribution is 8.06. The summed E-state index contributed by atoms with van der Waals surface area (Å²) in [6, 6.07) is 0. The summed E-state index contributed by atoms with van der Waals surface area (Å²) in [5, 5.41) is 19.4. The van der Waals surface area contributed by atoms with E-state index in [0.717, 1.165) is 0 Å². The number of fused-ring (bicyclic) bond motifs is 1. The van der Waals surface area contributed by atoms with Gasteiger partial charge in [0, 0.05) is 23.1 Å². The van der Waals surface area contributed by atoms with Crippen LogP contribution in [0, 0.1) is 5.92 Å². The van der Waals surface area contributed by atoms with Crippen LogP contribution in [0.25, 0.3) is 0 Å². The maximum Gasteiger partial charge on any atom is 0.353 e. The zero-order valence-corrected chi connectivity index (χ0v) is 13.2. The zero-order valence-electron chi connectivity index (χ0n) is 11.5. The van der Waals surface area contributed by atoms with Crippen molar-refractivity contribution in [2.45, 2.75) is 23.4 Å². The molecule has 2 aliphatic heterocycles. The van der Waals surface area contributed by atoms with Gasteiger partial charge in [0.25, 0.3) is 0 Å². The molecular formula is C13H13N3O4S2. The van der Waals surface area contributed by atoms with Gasteiger partial charge in [0.05, 0.1) is 18.2 Å². The van der Waals surface area contributed by atoms with Gasteiger partial charge in [0.1, 0.15) is 16.1 Å². The molecule has 2 aliphatic rings. The van der Waals surface area contributed by atoms with E-state index in [9.17, 15) is 19.8 Å².